The maximum atomic E-state index is 7.63. The molecule has 1 aromatic rings. The number of benzene rings is 1. The molecular formula is C11H20O5. The van der Waals surface area contributed by atoms with Gasteiger partial charge < -0.3 is 24.8 Å². The quantitative estimate of drug-likeness (QED) is 0.649. The first-order valence-electron chi connectivity index (χ1n) is 4.56. The van der Waals surface area contributed by atoms with Crippen LogP contribution in [-0.2, 0) is 9.47 Å². The highest BCUT2D eigenvalue weighted by molar-refractivity contribution is 4.99. The van der Waals surface area contributed by atoms with Gasteiger partial charge in [-0.1, -0.05) is 36.4 Å². The highest BCUT2D eigenvalue weighted by Crippen LogP contribution is 1.82. The summed E-state index contributed by atoms with van der Waals surface area (Å²) in [5, 5.41) is 22.9. The lowest BCUT2D eigenvalue weighted by atomic mass is 10.4. The summed E-state index contributed by atoms with van der Waals surface area (Å²) in [4.78, 5) is 0. The number of aliphatic hydroxyl groups is 3. The van der Waals surface area contributed by atoms with Crippen molar-refractivity contribution >= 4 is 0 Å². The Labute approximate surface area is 95.9 Å². The topological polar surface area (TPSA) is 79.2 Å². The Morgan fingerprint density at radius 3 is 1.06 bits per heavy atom. The molecule has 0 bridgehead atoms. The van der Waals surface area contributed by atoms with E-state index in [9.17, 15) is 0 Å². The van der Waals surface area contributed by atoms with Gasteiger partial charge in [0.2, 0.25) is 0 Å². The van der Waals surface area contributed by atoms with E-state index in [-0.39, 0.29) is 0 Å². The summed E-state index contributed by atoms with van der Waals surface area (Å²) in [6, 6.07) is 12.0. The maximum Gasteiger partial charge on any atom is 0.272 e. The fourth-order valence-corrected chi connectivity index (χ4v) is 0.503. The summed E-state index contributed by atoms with van der Waals surface area (Å²) < 4.78 is 8.94. The molecule has 0 unspecified atom stereocenters. The van der Waals surface area contributed by atoms with Crippen LogP contribution in [0.15, 0.2) is 36.4 Å². The number of hydrogen-bond acceptors (Lipinski definition) is 5. The van der Waals surface area contributed by atoms with Gasteiger partial charge in [0, 0.05) is 21.1 Å². The van der Waals surface area contributed by atoms with Crippen molar-refractivity contribution in [2.75, 3.05) is 21.0 Å². The number of methoxy groups -OCH3 is 2. The smallest absolute Gasteiger partial charge is 0.272 e. The number of ether oxygens (including phenoxy) is 2. The monoisotopic (exact) mass is 232 g/mol. The Kier molecular flexibility index (Phi) is 13.2. The molecule has 0 aliphatic rings. The lowest BCUT2D eigenvalue weighted by Crippen LogP contribution is -2.20. The van der Waals surface area contributed by atoms with Crippen LogP contribution in [0, 0.1) is 0 Å². The van der Waals surface area contributed by atoms with Crippen LogP contribution in [-0.4, -0.2) is 42.3 Å². The first-order chi connectivity index (χ1) is 7.41. The zero-order valence-electron chi connectivity index (χ0n) is 9.83. The summed E-state index contributed by atoms with van der Waals surface area (Å²) in [5.41, 5.74) is 0. The first-order valence-corrected chi connectivity index (χ1v) is 4.56. The van der Waals surface area contributed by atoms with Crippen LogP contribution >= 0.6 is 0 Å². The van der Waals surface area contributed by atoms with Crippen molar-refractivity contribution in [2.24, 2.45) is 0 Å². The van der Waals surface area contributed by atoms with Gasteiger partial charge in [-0.25, -0.2) is 0 Å². The van der Waals surface area contributed by atoms with Gasteiger partial charge in [-0.05, 0) is 0 Å². The van der Waals surface area contributed by atoms with E-state index in [0.717, 1.165) is 6.92 Å². The Hall–Kier alpha value is -0.980. The van der Waals surface area contributed by atoms with Crippen LogP contribution in [0.4, 0.5) is 0 Å². The van der Waals surface area contributed by atoms with Crippen molar-refractivity contribution in [3.05, 3.63) is 36.4 Å². The molecule has 94 valence electrons. The average Bonchev–Trinajstić information content (AvgIpc) is 2.20. The van der Waals surface area contributed by atoms with Gasteiger partial charge in [0.1, 0.15) is 6.79 Å². The van der Waals surface area contributed by atoms with E-state index in [1.165, 1.54) is 0 Å². The molecule has 0 aromatic heterocycles. The van der Waals surface area contributed by atoms with Crippen molar-refractivity contribution in [3.63, 3.8) is 0 Å². The molecule has 3 N–H and O–H groups in total. The largest absolute Gasteiger partial charge is 0.359 e. The second kappa shape index (κ2) is 12.1. The predicted molar refractivity (Wildman–Crippen MR) is 60.4 cm³/mol. The van der Waals surface area contributed by atoms with Crippen LogP contribution in [0.3, 0.4) is 0 Å². The third-order valence-corrected chi connectivity index (χ3v) is 0.902. The SMILES string of the molecule is CC(O)(O)O.COCOC.c1ccccc1. The molecule has 0 saturated carbocycles. The highest BCUT2D eigenvalue weighted by atomic mass is 16.7. The van der Waals surface area contributed by atoms with Crippen molar-refractivity contribution in [1.82, 2.24) is 0 Å². The second-order valence-corrected chi connectivity index (χ2v) is 2.82. The van der Waals surface area contributed by atoms with Crippen molar-refractivity contribution in [2.45, 2.75) is 12.9 Å². The van der Waals surface area contributed by atoms with Gasteiger partial charge in [-0.3, -0.25) is 0 Å². The minimum atomic E-state index is -2.50. The molecule has 0 spiro atoms. The highest BCUT2D eigenvalue weighted by Gasteiger charge is 2.03. The van der Waals surface area contributed by atoms with Gasteiger partial charge in [-0.15, -0.1) is 0 Å². The summed E-state index contributed by atoms with van der Waals surface area (Å²) in [6.45, 7) is 1.24. The van der Waals surface area contributed by atoms with Crippen molar-refractivity contribution < 1.29 is 24.8 Å². The predicted octanol–water partition coefficient (Wildman–Crippen LogP) is 0.560. The standard InChI is InChI=1S/C6H6.C3H8O2.C2H6O3/c1-2-4-6-5-3-1;1-4-3-5-2;1-2(3,4)5/h1-6H;3H2,1-2H3;3-5H,1H3. The fourth-order valence-electron chi connectivity index (χ4n) is 0.503. The fraction of sp³-hybridized carbons (Fsp3) is 0.455. The molecule has 5 nitrogen and oxygen atoms in total. The maximum absolute atomic E-state index is 7.63. The lowest BCUT2D eigenvalue weighted by molar-refractivity contribution is -0.297. The van der Waals surface area contributed by atoms with E-state index < -0.39 is 5.97 Å². The molecule has 0 radical (unpaired) electrons. The minimum Gasteiger partial charge on any atom is -0.359 e. The molecule has 0 amide bonds. The Morgan fingerprint density at radius 1 is 0.812 bits per heavy atom. The first kappa shape index (κ1) is 17.4. The van der Waals surface area contributed by atoms with Crippen molar-refractivity contribution in [3.8, 4) is 0 Å². The second-order valence-electron chi connectivity index (χ2n) is 2.82. The van der Waals surface area contributed by atoms with Crippen LogP contribution in [0.2, 0.25) is 0 Å². The number of hydrogen-bond donors (Lipinski definition) is 3. The molecule has 16 heavy (non-hydrogen) atoms. The zero-order valence-corrected chi connectivity index (χ0v) is 9.83. The third kappa shape index (κ3) is 38.2. The van der Waals surface area contributed by atoms with Gasteiger partial charge in [-0.2, -0.15) is 0 Å². The molecule has 0 aliphatic carbocycles. The summed E-state index contributed by atoms with van der Waals surface area (Å²) in [5.74, 6) is -2.50. The van der Waals surface area contributed by atoms with Crippen LogP contribution in [0.5, 0.6) is 0 Å². The van der Waals surface area contributed by atoms with Crippen LogP contribution in [0.1, 0.15) is 6.92 Å². The molecular weight excluding hydrogens is 212 g/mol. The minimum absolute atomic E-state index is 0.389. The van der Waals surface area contributed by atoms with E-state index in [0.29, 0.717) is 6.79 Å². The molecule has 5 heteroatoms. The molecule has 0 fully saturated rings. The molecule has 1 rings (SSSR count). The average molecular weight is 232 g/mol. The lowest BCUT2D eigenvalue weighted by Gasteiger charge is -2.01. The summed E-state index contributed by atoms with van der Waals surface area (Å²) >= 11 is 0. The number of rotatable bonds is 2. The zero-order chi connectivity index (χ0) is 12.9. The third-order valence-electron chi connectivity index (χ3n) is 0.902. The Balaban J connectivity index is 0. The molecule has 0 aliphatic heterocycles. The summed E-state index contributed by atoms with van der Waals surface area (Å²) in [6.07, 6.45) is 0. The molecule has 0 heterocycles. The van der Waals surface area contributed by atoms with E-state index in [1.54, 1.807) is 14.2 Å². The van der Waals surface area contributed by atoms with Gasteiger partial charge in [0.15, 0.2) is 0 Å². The molecule has 0 saturated heterocycles. The van der Waals surface area contributed by atoms with E-state index in [1.807, 2.05) is 36.4 Å². The van der Waals surface area contributed by atoms with E-state index in [4.69, 9.17) is 15.3 Å². The van der Waals surface area contributed by atoms with E-state index >= 15 is 0 Å². The van der Waals surface area contributed by atoms with Crippen LogP contribution < -0.4 is 0 Å². The molecule has 1 aromatic carbocycles. The normalized spacial score (nSPS) is 9.38. The van der Waals surface area contributed by atoms with Gasteiger partial charge >= 0.3 is 0 Å². The van der Waals surface area contributed by atoms with Gasteiger partial charge in [0.05, 0.1) is 0 Å². The van der Waals surface area contributed by atoms with E-state index in [2.05, 4.69) is 9.47 Å². The summed E-state index contributed by atoms with van der Waals surface area (Å²) in [7, 11) is 3.17. The van der Waals surface area contributed by atoms with Gasteiger partial charge in [0.25, 0.3) is 5.97 Å². The van der Waals surface area contributed by atoms with Crippen molar-refractivity contribution in [1.29, 1.82) is 0 Å². The molecule has 0 atom stereocenters. The Bertz CT molecular complexity index is 173. The van der Waals surface area contributed by atoms with Crippen LogP contribution in [0.25, 0.3) is 0 Å². The Morgan fingerprint density at radius 2 is 1.00 bits per heavy atom.